The standard InChI is InChI=1S/C23H17F2N7O5S/c1-36-18(33)10-31-9-14(29-22(35)13-8-28-32-4-2-3-27-21(13)32)19(30-31)12-7-16-11(5-15(12)37-23(24)25)6-17(38-16)20(26)34/h2-9,23H,10H2,1H3,(H2,26,34)(H,29,35). The molecule has 4 aromatic heterocycles. The number of hydrogen-bond donors (Lipinski definition) is 2. The molecule has 0 aliphatic heterocycles. The van der Waals surface area contributed by atoms with Crippen molar-refractivity contribution in [2.75, 3.05) is 12.4 Å². The van der Waals surface area contributed by atoms with Crippen LogP contribution in [0.1, 0.15) is 20.0 Å². The minimum Gasteiger partial charge on any atom is -0.468 e. The van der Waals surface area contributed by atoms with E-state index in [1.165, 1.54) is 53.1 Å². The Kier molecular flexibility index (Phi) is 6.42. The topological polar surface area (TPSA) is 156 Å². The summed E-state index contributed by atoms with van der Waals surface area (Å²) >= 11 is 1.05. The average Bonchev–Trinajstić information content (AvgIpc) is 3.59. The summed E-state index contributed by atoms with van der Waals surface area (Å²) in [5, 5.41) is 11.6. The molecule has 0 atom stereocenters. The minimum atomic E-state index is -3.18. The molecule has 2 amide bonds. The molecule has 0 unspecified atom stereocenters. The molecule has 4 heterocycles. The molecule has 194 valence electrons. The maximum atomic E-state index is 13.4. The monoisotopic (exact) mass is 541 g/mol. The number of halogens is 2. The summed E-state index contributed by atoms with van der Waals surface area (Å²) in [7, 11) is 1.20. The first kappa shape index (κ1) is 24.8. The Hall–Kier alpha value is -4.92. The molecule has 3 N–H and O–H groups in total. The van der Waals surface area contributed by atoms with Crippen LogP contribution >= 0.6 is 11.3 Å². The molecule has 5 rings (SSSR count). The number of nitrogens with zero attached hydrogens (tertiary/aromatic N) is 5. The number of fused-ring (bicyclic) bond motifs is 2. The van der Waals surface area contributed by atoms with Crippen LogP contribution in [-0.2, 0) is 16.1 Å². The zero-order chi connectivity index (χ0) is 27.0. The quantitative estimate of drug-likeness (QED) is 0.284. The fraction of sp³-hybridized carbons (Fsp3) is 0.130. The lowest BCUT2D eigenvalue weighted by molar-refractivity contribution is -0.141. The first-order valence-corrected chi connectivity index (χ1v) is 11.6. The van der Waals surface area contributed by atoms with Gasteiger partial charge in [-0.25, -0.2) is 9.50 Å². The third-order valence-corrected chi connectivity index (χ3v) is 6.50. The van der Waals surface area contributed by atoms with Crippen LogP contribution in [0.25, 0.3) is 27.0 Å². The normalized spacial score (nSPS) is 11.3. The van der Waals surface area contributed by atoms with Gasteiger partial charge in [0.15, 0.2) is 5.65 Å². The van der Waals surface area contributed by atoms with Crippen molar-refractivity contribution in [3.8, 4) is 17.0 Å². The van der Waals surface area contributed by atoms with E-state index in [1.807, 2.05) is 0 Å². The number of ether oxygens (including phenoxy) is 2. The molecule has 38 heavy (non-hydrogen) atoms. The number of benzene rings is 1. The van der Waals surface area contributed by atoms with E-state index >= 15 is 0 Å². The van der Waals surface area contributed by atoms with Crippen LogP contribution in [-0.4, -0.2) is 55.9 Å². The molecule has 0 bridgehead atoms. The number of nitrogens with one attached hydrogen (secondary N) is 1. The van der Waals surface area contributed by atoms with Gasteiger partial charge in [0, 0.05) is 28.9 Å². The number of rotatable bonds is 8. The van der Waals surface area contributed by atoms with Crippen LogP contribution in [0, 0.1) is 0 Å². The molecule has 5 aromatic rings. The van der Waals surface area contributed by atoms with Crippen molar-refractivity contribution in [1.82, 2.24) is 24.4 Å². The highest BCUT2D eigenvalue weighted by Gasteiger charge is 2.24. The molecule has 15 heteroatoms. The van der Waals surface area contributed by atoms with Gasteiger partial charge < -0.3 is 20.5 Å². The van der Waals surface area contributed by atoms with E-state index in [-0.39, 0.29) is 45.3 Å². The number of carbonyl (C=O) groups is 3. The van der Waals surface area contributed by atoms with Gasteiger partial charge >= 0.3 is 12.6 Å². The number of amides is 2. The van der Waals surface area contributed by atoms with E-state index in [2.05, 4.69) is 25.2 Å². The zero-order valence-electron chi connectivity index (χ0n) is 19.4. The van der Waals surface area contributed by atoms with Crippen LogP contribution in [0.3, 0.4) is 0 Å². The molecule has 0 saturated carbocycles. The Morgan fingerprint density at radius 3 is 2.79 bits per heavy atom. The molecule has 0 spiro atoms. The van der Waals surface area contributed by atoms with E-state index in [4.69, 9.17) is 10.5 Å². The number of nitrogens with two attached hydrogens (primary N) is 1. The summed E-state index contributed by atoms with van der Waals surface area (Å²) < 4.78 is 39.3. The van der Waals surface area contributed by atoms with Crippen molar-refractivity contribution in [3.05, 3.63) is 59.5 Å². The van der Waals surface area contributed by atoms with Crippen molar-refractivity contribution in [2.24, 2.45) is 5.73 Å². The fourth-order valence-electron chi connectivity index (χ4n) is 3.73. The van der Waals surface area contributed by atoms with Gasteiger partial charge in [0.1, 0.15) is 23.6 Å². The van der Waals surface area contributed by atoms with Gasteiger partial charge in [-0.2, -0.15) is 19.0 Å². The number of alkyl halides is 2. The molecule has 0 saturated heterocycles. The van der Waals surface area contributed by atoms with E-state index in [9.17, 15) is 23.2 Å². The summed E-state index contributed by atoms with van der Waals surface area (Å²) in [4.78, 5) is 41.1. The Labute approximate surface area is 215 Å². The van der Waals surface area contributed by atoms with Crippen molar-refractivity contribution in [2.45, 2.75) is 13.2 Å². The van der Waals surface area contributed by atoms with Gasteiger partial charge in [-0.3, -0.25) is 19.1 Å². The van der Waals surface area contributed by atoms with Crippen LogP contribution in [0.4, 0.5) is 14.5 Å². The molecular formula is C23H17F2N7O5S. The lowest BCUT2D eigenvalue weighted by atomic mass is 10.1. The molecule has 12 nitrogen and oxygen atoms in total. The van der Waals surface area contributed by atoms with Gasteiger partial charge in [-0.05, 0) is 29.7 Å². The lowest BCUT2D eigenvalue weighted by Crippen LogP contribution is -2.13. The van der Waals surface area contributed by atoms with Gasteiger partial charge in [0.05, 0.1) is 23.9 Å². The number of thiophene rings is 1. The van der Waals surface area contributed by atoms with Gasteiger partial charge in [-0.1, -0.05) is 0 Å². The van der Waals surface area contributed by atoms with Crippen LogP contribution in [0.2, 0.25) is 0 Å². The number of hydrogen-bond acceptors (Lipinski definition) is 9. The highest BCUT2D eigenvalue weighted by atomic mass is 32.1. The Bertz CT molecular complexity index is 1710. The van der Waals surface area contributed by atoms with Crippen LogP contribution in [0.5, 0.6) is 5.75 Å². The third-order valence-electron chi connectivity index (χ3n) is 5.39. The highest BCUT2D eigenvalue weighted by Crippen LogP contribution is 2.40. The number of methoxy groups -OCH3 is 1. The van der Waals surface area contributed by atoms with E-state index in [0.29, 0.717) is 10.1 Å². The number of esters is 1. The third kappa shape index (κ3) is 4.73. The SMILES string of the molecule is COC(=O)Cn1cc(NC(=O)c2cnn3cccnc23)c(-c2cc3sc(C(N)=O)cc3cc2OC(F)F)n1. The molecule has 0 radical (unpaired) electrons. The van der Waals surface area contributed by atoms with E-state index < -0.39 is 24.4 Å². The zero-order valence-corrected chi connectivity index (χ0v) is 20.2. The van der Waals surface area contributed by atoms with E-state index in [1.54, 1.807) is 12.3 Å². The second-order valence-electron chi connectivity index (χ2n) is 7.80. The predicted molar refractivity (Wildman–Crippen MR) is 131 cm³/mol. The predicted octanol–water partition coefficient (Wildman–Crippen LogP) is 2.93. The Morgan fingerprint density at radius 1 is 1.24 bits per heavy atom. The van der Waals surface area contributed by atoms with Gasteiger partial charge in [-0.15, -0.1) is 11.3 Å². The number of carbonyl (C=O) groups excluding carboxylic acids is 3. The Balaban J connectivity index is 1.63. The summed E-state index contributed by atoms with van der Waals surface area (Å²) in [5.41, 5.74) is 5.99. The molecule has 1 aromatic carbocycles. The number of primary amides is 1. The van der Waals surface area contributed by atoms with Gasteiger partial charge in [0.2, 0.25) is 0 Å². The minimum absolute atomic E-state index is 0.0262. The first-order valence-electron chi connectivity index (χ1n) is 10.8. The summed E-state index contributed by atoms with van der Waals surface area (Å²) in [6.45, 7) is -3.50. The molecule has 0 fully saturated rings. The number of anilines is 1. The largest absolute Gasteiger partial charge is 0.468 e. The lowest BCUT2D eigenvalue weighted by Gasteiger charge is -2.11. The average molecular weight is 541 g/mol. The number of aromatic nitrogens is 5. The second kappa shape index (κ2) is 9.85. The maximum Gasteiger partial charge on any atom is 0.387 e. The fourth-order valence-corrected chi connectivity index (χ4v) is 4.67. The van der Waals surface area contributed by atoms with Crippen molar-refractivity contribution in [3.63, 3.8) is 0 Å². The van der Waals surface area contributed by atoms with E-state index in [0.717, 1.165) is 11.3 Å². The summed E-state index contributed by atoms with van der Waals surface area (Å²) in [6.07, 6.45) is 5.79. The summed E-state index contributed by atoms with van der Waals surface area (Å²) in [5.74, 6) is -2.19. The van der Waals surface area contributed by atoms with Crippen LogP contribution in [0.15, 0.2) is 49.1 Å². The first-order chi connectivity index (χ1) is 18.2. The Morgan fingerprint density at radius 2 is 2.05 bits per heavy atom. The molecule has 0 aliphatic rings. The molecular weight excluding hydrogens is 524 g/mol. The highest BCUT2D eigenvalue weighted by molar-refractivity contribution is 7.20. The summed E-state index contributed by atoms with van der Waals surface area (Å²) in [6, 6.07) is 5.91. The van der Waals surface area contributed by atoms with Crippen molar-refractivity contribution < 1.29 is 32.6 Å². The van der Waals surface area contributed by atoms with Crippen molar-refractivity contribution >= 4 is 50.5 Å². The van der Waals surface area contributed by atoms with Gasteiger partial charge in [0.25, 0.3) is 11.8 Å². The smallest absolute Gasteiger partial charge is 0.387 e. The maximum absolute atomic E-state index is 13.4. The van der Waals surface area contributed by atoms with Crippen LogP contribution < -0.4 is 15.8 Å². The van der Waals surface area contributed by atoms with Crippen molar-refractivity contribution in [1.29, 1.82) is 0 Å². The second-order valence-corrected chi connectivity index (χ2v) is 8.89. The molecule has 0 aliphatic carbocycles.